The van der Waals surface area contributed by atoms with Crippen molar-refractivity contribution < 1.29 is 36.6 Å². The van der Waals surface area contributed by atoms with Gasteiger partial charge in [0, 0.05) is 67.2 Å². The fraction of sp³-hybridized carbons (Fsp3) is 0.527. The number of piperidine rings is 1. The van der Waals surface area contributed by atoms with Crippen LogP contribution in [0.4, 0.5) is 23.8 Å². The number of pyridine rings is 1. The van der Waals surface area contributed by atoms with Crippen LogP contribution in [0.5, 0.6) is 6.01 Å². The number of hydrogen-bond donors (Lipinski definition) is 0. The van der Waals surface area contributed by atoms with Crippen LogP contribution in [0.25, 0.3) is 53.2 Å². The molecule has 2 bridgehead atoms. The van der Waals surface area contributed by atoms with Crippen LogP contribution in [-0.4, -0.2) is 133 Å². The second kappa shape index (κ2) is 25.0. The maximum atomic E-state index is 17.2. The second-order valence-corrected chi connectivity index (χ2v) is 41.1. The number of hydrogen-bond acceptors (Lipinski definition) is 12. The third-order valence-corrected chi connectivity index (χ3v) is 33.6. The highest BCUT2D eigenvalue weighted by Crippen LogP contribution is 2.61. The Morgan fingerprint density at radius 2 is 1.47 bits per heavy atom. The first-order chi connectivity index (χ1) is 44.3. The number of alkyl halides is 2. The number of fused-ring (bicyclic) bond motifs is 7. The number of nitrogens with zero attached hydrogens (tertiary/aromatic N) is 8. The zero-order valence-electron chi connectivity index (χ0n) is 56.3. The van der Waals surface area contributed by atoms with E-state index in [9.17, 15) is 4.79 Å². The molecule has 5 aliphatic rings. The number of ether oxygens (including phenoxy) is 3. The Morgan fingerprint density at radius 1 is 0.817 bits per heavy atom. The number of benzene rings is 4. The van der Waals surface area contributed by atoms with Crippen molar-refractivity contribution in [2.24, 2.45) is 11.3 Å². The summed E-state index contributed by atoms with van der Waals surface area (Å²) in [6.45, 7) is 29.5. The minimum atomic E-state index is -2.95. The maximum Gasteiger partial charge on any atom is 0.410 e. The monoisotopic (exact) mass is 1320 g/mol. The SMILES string of the molecule is CC(C)[Si](C#Cc1c(F)ccc2cc3c(cnn3C3CCCCO3)c(-c3nccc4c3sc3nc(OC[C@]5(CN6CCC(CO[Si](c7ccccc7)(c7ccccc7)C(C)(C)C)CC6)CC5(F)F)nc(N5C[C@H]6CC[C@@H](C5)N6C(=O)OC(C)(C)C)c34)c12)(C(C)C)C(C)C. The molecular formula is C74H91F3N8O5SSi2. The van der Waals surface area contributed by atoms with Gasteiger partial charge in [-0.15, -0.1) is 16.9 Å². The molecule has 1 saturated carbocycles. The number of thiophene rings is 1. The van der Waals surface area contributed by atoms with Crippen molar-refractivity contribution in [1.82, 2.24) is 34.5 Å². The van der Waals surface area contributed by atoms with Gasteiger partial charge >= 0.3 is 12.1 Å². The summed E-state index contributed by atoms with van der Waals surface area (Å²) in [5.41, 5.74) is 5.19. The van der Waals surface area contributed by atoms with Crippen molar-refractivity contribution in [3.8, 4) is 28.7 Å². The molecule has 4 aromatic heterocycles. The summed E-state index contributed by atoms with van der Waals surface area (Å²) >= 11 is 1.43. The van der Waals surface area contributed by atoms with Gasteiger partial charge in [-0.2, -0.15) is 15.1 Å². The van der Waals surface area contributed by atoms with E-state index in [2.05, 4.69) is 150 Å². The van der Waals surface area contributed by atoms with Crippen LogP contribution in [0.2, 0.25) is 21.7 Å². The fourth-order valence-electron chi connectivity index (χ4n) is 16.5. The summed E-state index contributed by atoms with van der Waals surface area (Å²) in [7, 11) is -5.12. The normalized spacial score (nSPS) is 21.6. The third kappa shape index (κ3) is 11.9. The van der Waals surface area contributed by atoms with Crippen LogP contribution in [0.15, 0.2) is 97.3 Å². The van der Waals surface area contributed by atoms with Crippen molar-refractivity contribution >= 4 is 92.0 Å². The maximum absolute atomic E-state index is 17.2. The van der Waals surface area contributed by atoms with Crippen LogP contribution in [-0.2, 0) is 13.9 Å². The molecule has 5 fully saturated rings. The van der Waals surface area contributed by atoms with E-state index in [1.807, 2.05) is 48.7 Å². The van der Waals surface area contributed by atoms with Crippen LogP contribution in [0.1, 0.15) is 146 Å². The lowest BCUT2D eigenvalue weighted by Gasteiger charge is -2.44. The van der Waals surface area contributed by atoms with Crippen LogP contribution >= 0.6 is 11.3 Å². The van der Waals surface area contributed by atoms with Gasteiger partial charge in [0.2, 0.25) is 0 Å². The van der Waals surface area contributed by atoms with Crippen LogP contribution in [0.3, 0.4) is 0 Å². The number of halogens is 3. The quantitative estimate of drug-likeness (QED) is 0.0679. The van der Waals surface area contributed by atoms with E-state index in [0.29, 0.717) is 88.9 Å². The van der Waals surface area contributed by atoms with Gasteiger partial charge < -0.3 is 28.4 Å². The summed E-state index contributed by atoms with van der Waals surface area (Å²) in [5.74, 6) is 1.07. The van der Waals surface area contributed by atoms with Crippen molar-refractivity contribution in [2.45, 2.75) is 186 Å². The topological polar surface area (TPSA) is 120 Å². The van der Waals surface area contributed by atoms with Crippen molar-refractivity contribution in [3.63, 3.8) is 0 Å². The van der Waals surface area contributed by atoms with E-state index in [4.69, 9.17) is 38.7 Å². The van der Waals surface area contributed by atoms with Gasteiger partial charge in [0.15, 0.2) is 6.23 Å². The Kier molecular flexibility index (Phi) is 17.5. The first-order valence-corrected chi connectivity index (χ1v) is 38.9. The highest BCUT2D eigenvalue weighted by atomic mass is 32.1. The predicted octanol–water partition coefficient (Wildman–Crippen LogP) is 16.1. The number of likely N-dealkylation sites (tertiary alicyclic amines) is 1. The molecule has 4 saturated heterocycles. The lowest BCUT2D eigenvalue weighted by Crippen LogP contribution is -2.67. The predicted molar refractivity (Wildman–Crippen MR) is 373 cm³/mol. The van der Waals surface area contributed by atoms with Crippen molar-refractivity contribution in [2.75, 3.05) is 57.4 Å². The zero-order valence-corrected chi connectivity index (χ0v) is 59.1. The van der Waals surface area contributed by atoms with E-state index < -0.39 is 39.1 Å². The molecule has 93 heavy (non-hydrogen) atoms. The smallest absolute Gasteiger partial charge is 0.410 e. The van der Waals surface area contributed by atoms with Gasteiger partial charge in [0.25, 0.3) is 14.2 Å². The van der Waals surface area contributed by atoms with Crippen molar-refractivity contribution in [3.05, 3.63) is 109 Å². The summed E-state index contributed by atoms with van der Waals surface area (Å²) in [4.78, 5) is 36.5. The van der Waals surface area contributed by atoms with Crippen LogP contribution < -0.4 is 20.0 Å². The van der Waals surface area contributed by atoms with Gasteiger partial charge in [-0.05, 0) is 140 Å². The summed E-state index contributed by atoms with van der Waals surface area (Å²) in [6.07, 6.45) is 8.76. The highest BCUT2D eigenvalue weighted by molar-refractivity contribution is 7.26. The number of piperazine rings is 1. The minimum absolute atomic E-state index is 0.01000. The first kappa shape index (κ1) is 65.3. The number of carbonyl (C=O) groups is 1. The van der Waals surface area contributed by atoms with E-state index in [1.165, 1.54) is 27.8 Å². The molecule has 1 amide bonds. The average molecular weight is 1320 g/mol. The molecule has 8 heterocycles. The van der Waals surface area contributed by atoms with Gasteiger partial charge in [0.1, 0.15) is 36.7 Å². The molecule has 1 unspecified atom stereocenters. The number of rotatable bonds is 16. The Bertz CT molecular complexity index is 4070. The molecule has 0 radical (unpaired) electrons. The van der Waals surface area contributed by atoms with Gasteiger partial charge in [-0.25, -0.2) is 22.6 Å². The molecule has 4 aromatic carbocycles. The fourth-order valence-corrected chi connectivity index (χ4v) is 27.5. The highest BCUT2D eigenvalue weighted by Gasteiger charge is 2.72. The first-order valence-electron chi connectivity index (χ1n) is 33.9. The third-order valence-electron chi connectivity index (χ3n) is 21.2. The van der Waals surface area contributed by atoms with Crippen LogP contribution in [0, 0.1) is 28.6 Å². The van der Waals surface area contributed by atoms with Crippen molar-refractivity contribution in [1.29, 1.82) is 0 Å². The second-order valence-electron chi connectivity index (χ2n) is 30.2. The molecule has 4 aliphatic heterocycles. The lowest BCUT2D eigenvalue weighted by molar-refractivity contribution is -0.0366. The summed E-state index contributed by atoms with van der Waals surface area (Å²) in [6, 6.07) is 28.5. The standard InChI is InChI=1S/C74H91F3N8O5SSi2/c1-47(2)92(48(3)4,49(5)6)38-33-56-59(75)29-26-51-39-60-58(40-79-85(60)61-25-19-20-37-87-61)63(62(51)56)65-66-57(30-34-78-65)64-67(83-41-52-27-28-53(42-83)84(52)70(86)90-71(7,8)9)80-69(81-68(64)91-66)88-46-73(44-74(73,76)77)45-82-35-31-50(32-36-82)43-89-93(72(10,11)12,54-21-15-13-16-22-54)55-23-17-14-18-24-55/h13-18,21-24,26,29-30,34,39-40,47-50,52-53,61H,19-20,25,27-28,31-32,35-37,41-46H2,1-12H3/t52-,53+,61?,73-/m1/s1. The summed E-state index contributed by atoms with van der Waals surface area (Å²) < 4.78 is 78.8. The molecule has 13 nitrogen and oxygen atoms in total. The number of aromatic nitrogens is 5. The molecule has 0 spiro atoms. The zero-order chi connectivity index (χ0) is 65.6. The molecule has 19 heteroatoms. The minimum Gasteiger partial charge on any atom is -0.462 e. The Balaban J connectivity index is 0.870. The molecule has 0 N–H and O–H groups in total. The number of carbonyl (C=O) groups excluding carboxylic acids is 1. The largest absolute Gasteiger partial charge is 0.462 e. The lowest BCUT2D eigenvalue weighted by atomic mass is 9.93. The van der Waals surface area contributed by atoms with Gasteiger partial charge in [-0.3, -0.25) is 9.88 Å². The van der Waals surface area contributed by atoms with E-state index in [-0.39, 0.29) is 60.9 Å². The molecule has 13 rings (SSSR count). The van der Waals surface area contributed by atoms with E-state index in [1.54, 1.807) is 6.20 Å². The van der Waals surface area contributed by atoms with E-state index in [0.717, 1.165) is 76.7 Å². The average Bonchev–Trinajstić information content (AvgIpc) is 1.65. The molecule has 4 atom stereocenters. The number of anilines is 1. The van der Waals surface area contributed by atoms with Gasteiger partial charge in [-0.1, -0.05) is 135 Å². The van der Waals surface area contributed by atoms with E-state index >= 15 is 13.2 Å². The molecular weight excluding hydrogens is 1230 g/mol. The summed E-state index contributed by atoms with van der Waals surface area (Å²) in [5, 5.41) is 11.2. The molecule has 1 aliphatic carbocycles. The Labute approximate surface area is 552 Å². The molecule has 8 aromatic rings. The Hall–Kier alpha value is -6.41. The number of amides is 1. The molecule has 492 valence electrons. The van der Waals surface area contributed by atoms with Gasteiger partial charge in [0.05, 0.1) is 50.6 Å². The Morgan fingerprint density at radius 3 is 2.06 bits per heavy atom.